The van der Waals surface area contributed by atoms with Crippen molar-refractivity contribution in [1.29, 1.82) is 0 Å². The van der Waals surface area contributed by atoms with Gasteiger partial charge in [0.15, 0.2) is 11.6 Å². The van der Waals surface area contributed by atoms with Crippen LogP contribution < -0.4 is 9.64 Å². The molecule has 0 N–H and O–H groups in total. The van der Waals surface area contributed by atoms with E-state index in [1.165, 1.54) is 5.56 Å². The molecule has 1 aromatic carbocycles. The molecule has 0 bridgehead atoms. The second-order valence-corrected chi connectivity index (χ2v) is 8.22. The molecular formula is C23H25N5O2S. The molecule has 2 aromatic heterocycles. The molecule has 0 saturated heterocycles. The molecule has 1 aliphatic heterocycles. The normalized spacial score (nSPS) is 15.9. The number of rotatable bonds is 7. The average molecular weight is 436 g/mol. The van der Waals surface area contributed by atoms with Gasteiger partial charge >= 0.3 is 0 Å². The van der Waals surface area contributed by atoms with E-state index in [1.54, 1.807) is 17.2 Å². The van der Waals surface area contributed by atoms with E-state index < -0.39 is 0 Å². The molecule has 1 aliphatic rings. The number of Topliss-reactive ketones (excluding diaryl/α,β-unsaturated/α-hetero) is 1. The number of anilines is 1. The lowest BCUT2D eigenvalue weighted by molar-refractivity contribution is 0.0967. The summed E-state index contributed by atoms with van der Waals surface area (Å²) in [4.78, 5) is 23.8. The highest BCUT2D eigenvalue weighted by molar-refractivity contribution is 7.80. The van der Waals surface area contributed by atoms with Gasteiger partial charge in [-0.1, -0.05) is 42.0 Å². The first-order valence-corrected chi connectivity index (χ1v) is 10.8. The van der Waals surface area contributed by atoms with Crippen molar-refractivity contribution in [3.63, 3.8) is 0 Å². The first-order valence-electron chi connectivity index (χ1n) is 10.3. The van der Waals surface area contributed by atoms with E-state index in [1.807, 2.05) is 36.2 Å². The van der Waals surface area contributed by atoms with Crippen molar-refractivity contribution in [3.05, 3.63) is 65.9 Å². The monoisotopic (exact) mass is 435 g/mol. The second kappa shape index (κ2) is 9.34. The molecule has 0 fully saturated rings. The van der Waals surface area contributed by atoms with Crippen LogP contribution in [0.5, 0.6) is 5.75 Å². The van der Waals surface area contributed by atoms with Gasteiger partial charge in [0, 0.05) is 25.6 Å². The van der Waals surface area contributed by atoms with E-state index >= 15 is 0 Å². The zero-order valence-corrected chi connectivity index (χ0v) is 18.5. The van der Waals surface area contributed by atoms with Crippen molar-refractivity contribution in [2.45, 2.75) is 32.7 Å². The number of nitrogens with zero attached hydrogens (tertiary/aromatic N) is 5. The Morgan fingerprint density at radius 2 is 2.13 bits per heavy atom. The summed E-state index contributed by atoms with van der Waals surface area (Å²) in [7, 11) is 1.91. The van der Waals surface area contributed by atoms with E-state index in [2.05, 4.69) is 34.1 Å². The summed E-state index contributed by atoms with van der Waals surface area (Å²) in [6, 6.07) is 12.0. The molecule has 7 nitrogen and oxygen atoms in total. The molecule has 3 heterocycles. The topological polar surface area (TPSA) is 73.1 Å². The van der Waals surface area contributed by atoms with Crippen molar-refractivity contribution in [3.8, 4) is 5.75 Å². The summed E-state index contributed by atoms with van der Waals surface area (Å²) < 4.78 is 7.61. The summed E-state index contributed by atoms with van der Waals surface area (Å²) in [6.07, 6.45) is 5.17. The van der Waals surface area contributed by atoms with Crippen LogP contribution in [0.3, 0.4) is 0 Å². The van der Waals surface area contributed by atoms with Crippen molar-refractivity contribution in [2.24, 2.45) is 5.92 Å². The van der Waals surface area contributed by atoms with Crippen molar-refractivity contribution < 1.29 is 9.53 Å². The van der Waals surface area contributed by atoms with E-state index in [9.17, 15) is 4.79 Å². The van der Waals surface area contributed by atoms with Gasteiger partial charge in [-0.05, 0) is 37.5 Å². The maximum Gasteiger partial charge on any atom is 0.217 e. The van der Waals surface area contributed by atoms with Crippen LogP contribution in [0.25, 0.3) is 0 Å². The number of carbonyl (C=O) groups is 1. The van der Waals surface area contributed by atoms with E-state index in [0.717, 1.165) is 28.5 Å². The fourth-order valence-corrected chi connectivity index (χ4v) is 3.98. The highest BCUT2D eigenvalue weighted by atomic mass is 32.1. The number of pyridine rings is 1. The zero-order valence-electron chi connectivity index (χ0n) is 17.7. The van der Waals surface area contributed by atoms with Crippen molar-refractivity contribution in [2.75, 3.05) is 18.6 Å². The molecule has 0 spiro atoms. The van der Waals surface area contributed by atoms with Gasteiger partial charge in [0.25, 0.3) is 0 Å². The van der Waals surface area contributed by atoms with E-state index in [0.29, 0.717) is 26.0 Å². The summed E-state index contributed by atoms with van der Waals surface area (Å²) in [5, 5.41) is 4.36. The van der Waals surface area contributed by atoms with Gasteiger partial charge in [-0.25, -0.2) is 14.6 Å². The number of ether oxygens (including phenoxy) is 1. The van der Waals surface area contributed by atoms with Crippen LogP contribution in [0.4, 0.5) is 5.82 Å². The Kier molecular flexibility index (Phi) is 6.36. The number of benzene rings is 1. The SMILES string of the molecule is Cc1cccc(Cn2cnc(C(=O)CCCC3COc4cccnc4N(C)C3=S)n2)c1. The third-order valence-electron chi connectivity index (χ3n) is 5.36. The van der Waals surface area contributed by atoms with Gasteiger partial charge < -0.3 is 9.64 Å². The van der Waals surface area contributed by atoms with Gasteiger partial charge in [-0.2, -0.15) is 0 Å². The molecule has 0 radical (unpaired) electrons. The lowest BCUT2D eigenvalue weighted by atomic mass is 10.0. The number of aromatic nitrogens is 4. The van der Waals surface area contributed by atoms with Gasteiger partial charge in [0.1, 0.15) is 6.33 Å². The summed E-state index contributed by atoms with van der Waals surface area (Å²) in [5.74, 6) is 1.72. The highest BCUT2D eigenvalue weighted by Crippen LogP contribution is 2.31. The lowest BCUT2D eigenvalue weighted by Crippen LogP contribution is -2.32. The number of ketones is 1. The summed E-state index contributed by atoms with van der Waals surface area (Å²) in [6.45, 7) is 3.13. The minimum Gasteiger partial charge on any atom is -0.489 e. The minimum atomic E-state index is -0.0539. The fourth-order valence-electron chi connectivity index (χ4n) is 3.71. The summed E-state index contributed by atoms with van der Waals surface area (Å²) in [5.41, 5.74) is 2.32. The molecule has 1 atom stereocenters. The van der Waals surface area contributed by atoms with Crippen LogP contribution in [0.1, 0.15) is 41.0 Å². The number of hydrogen-bond donors (Lipinski definition) is 0. The van der Waals surface area contributed by atoms with Gasteiger partial charge in [0.05, 0.1) is 18.1 Å². The Morgan fingerprint density at radius 1 is 1.26 bits per heavy atom. The molecule has 0 aliphatic carbocycles. The van der Waals surface area contributed by atoms with Crippen molar-refractivity contribution in [1.82, 2.24) is 19.7 Å². The first kappa shape index (κ1) is 21.1. The molecule has 160 valence electrons. The van der Waals surface area contributed by atoms with Gasteiger partial charge in [0.2, 0.25) is 11.6 Å². The Bertz CT molecular complexity index is 1100. The number of fused-ring (bicyclic) bond motifs is 1. The third kappa shape index (κ3) is 4.96. The van der Waals surface area contributed by atoms with Crippen LogP contribution in [-0.4, -0.2) is 44.2 Å². The highest BCUT2D eigenvalue weighted by Gasteiger charge is 2.27. The van der Waals surface area contributed by atoms with Crippen LogP contribution in [-0.2, 0) is 6.54 Å². The number of hydrogen-bond acceptors (Lipinski definition) is 6. The van der Waals surface area contributed by atoms with Crippen LogP contribution >= 0.6 is 12.2 Å². The Hall–Kier alpha value is -3.13. The quantitative estimate of drug-likeness (QED) is 0.412. The predicted octanol–water partition coefficient (Wildman–Crippen LogP) is 3.86. The first-order chi connectivity index (χ1) is 15.0. The maximum absolute atomic E-state index is 12.6. The summed E-state index contributed by atoms with van der Waals surface area (Å²) >= 11 is 5.65. The van der Waals surface area contributed by atoms with Crippen LogP contribution in [0.15, 0.2) is 48.9 Å². The second-order valence-electron chi connectivity index (χ2n) is 7.80. The number of carbonyl (C=O) groups excluding carboxylic acids is 1. The van der Waals surface area contributed by atoms with Crippen molar-refractivity contribution >= 4 is 28.8 Å². The zero-order chi connectivity index (χ0) is 21.8. The Morgan fingerprint density at radius 3 is 2.97 bits per heavy atom. The van der Waals surface area contributed by atoms with E-state index in [-0.39, 0.29) is 17.5 Å². The maximum atomic E-state index is 12.6. The standard InChI is InChI=1S/C23H25N5O2S/c1-16-6-3-7-17(12-16)13-28-15-25-21(26-28)19(29)9-4-8-18-14-30-20-10-5-11-24-22(20)27(2)23(18)31/h3,5-7,10-12,15,18H,4,8-9,13-14H2,1-2H3. The fraction of sp³-hybridized carbons (Fsp3) is 0.348. The molecular weight excluding hydrogens is 410 g/mol. The van der Waals surface area contributed by atoms with E-state index in [4.69, 9.17) is 17.0 Å². The largest absolute Gasteiger partial charge is 0.489 e. The predicted molar refractivity (Wildman–Crippen MR) is 123 cm³/mol. The number of thiocarbonyl (C=S) groups is 1. The molecule has 3 aromatic rings. The average Bonchev–Trinajstić information content (AvgIpc) is 3.19. The molecule has 0 amide bonds. The van der Waals surface area contributed by atoms with Gasteiger partial charge in [-0.3, -0.25) is 4.79 Å². The Labute approximate surface area is 187 Å². The minimum absolute atomic E-state index is 0.0498. The van der Waals surface area contributed by atoms with Gasteiger partial charge in [-0.15, -0.1) is 5.10 Å². The van der Waals surface area contributed by atoms with Crippen LogP contribution in [0, 0.1) is 12.8 Å². The molecule has 31 heavy (non-hydrogen) atoms. The number of aryl methyl sites for hydroxylation is 1. The Balaban J connectivity index is 1.30. The molecule has 8 heteroatoms. The lowest BCUT2D eigenvalue weighted by Gasteiger charge is -2.21. The van der Waals surface area contributed by atoms with Crippen LogP contribution in [0.2, 0.25) is 0 Å². The smallest absolute Gasteiger partial charge is 0.217 e. The molecule has 0 saturated carbocycles. The third-order valence-corrected chi connectivity index (χ3v) is 5.96. The molecule has 1 unspecified atom stereocenters. The molecule has 4 rings (SSSR count).